The van der Waals surface area contributed by atoms with Gasteiger partial charge in [0.15, 0.2) is 11.5 Å². The molecule has 0 aliphatic carbocycles. The lowest BCUT2D eigenvalue weighted by molar-refractivity contribution is 0.0723. The summed E-state index contributed by atoms with van der Waals surface area (Å²) in [6, 6.07) is 5.77. The second-order valence-electron chi connectivity index (χ2n) is 5.69. The molecule has 7 nitrogen and oxygen atoms in total. The van der Waals surface area contributed by atoms with Gasteiger partial charge in [-0.05, 0) is 18.1 Å². The molecule has 0 bridgehead atoms. The number of hydrogen-bond donors (Lipinski definition) is 1. The van der Waals surface area contributed by atoms with Crippen molar-refractivity contribution in [2.45, 2.75) is 6.42 Å². The average molecular weight is 342 g/mol. The van der Waals surface area contributed by atoms with E-state index in [1.54, 1.807) is 7.11 Å². The van der Waals surface area contributed by atoms with Gasteiger partial charge in [0.1, 0.15) is 0 Å². The highest BCUT2D eigenvalue weighted by Gasteiger charge is 2.27. The molecule has 23 heavy (non-hydrogen) atoms. The molecule has 2 aliphatic rings. The van der Waals surface area contributed by atoms with E-state index in [1.807, 2.05) is 18.2 Å². The van der Waals surface area contributed by atoms with Gasteiger partial charge in [0, 0.05) is 25.6 Å². The summed E-state index contributed by atoms with van der Waals surface area (Å²) in [5, 5.41) is 0. The third-order valence-corrected chi connectivity index (χ3v) is 5.69. The minimum atomic E-state index is -3.45. The van der Waals surface area contributed by atoms with Gasteiger partial charge in [0.2, 0.25) is 0 Å². The second kappa shape index (κ2) is 7.04. The number of fused-ring (bicyclic) bond motifs is 1. The van der Waals surface area contributed by atoms with Gasteiger partial charge in [0.05, 0.1) is 26.9 Å². The van der Waals surface area contributed by atoms with Gasteiger partial charge in [-0.25, -0.2) is 4.72 Å². The molecule has 1 fully saturated rings. The number of morpholine rings is 1. The summed E-state index contributed by atoms with van der Waals surface area (Å²) >= 11 is 0. The van der Waals surface area contributed by atoms with Crippen LogP contribution in [0.25, 0.3) is 0 Å². The minimum absolute atomic E-state index is 0.102. The zero-order chi connectivity index (χ0) is 16.3. The lowest BCUT2D eigenvalue weighted by atomic mass is 9.96. The van der Waals surface area contributed by atoms with Crippen LogP contribution in [0.3, 0.4) is 0 Å². The van der Waals surface area contributed by atoms with Crippen LogP contribution < -0.4 is 14.2 Å². The Bertz CT molecular complexity index is 643. The van der Waals surface area contributed by atoms with Crippen molar-refractivity contribution in [2.24, 2.45) is 5.92 Å². The van der Waals surface area contributed by atoms with Gasteiger partial charge in [-0.1, -0.05) is 12.1 Å². The van der Waals surface area contributed by atoms with Gasteiger partial charge in [-0.15, -0.1) is 0 Å². The molecule has 2 aliphatic heterocycles. The van der Waals surface area contributed by atoms with Crippen molar-refractivity contribution in [3.8, 4) is 11.5 Å². The number of ether oxygens (including phenoxy) is 3. The summed E-state index contributed by atoms with van der Waals surface area (Å²) in [4.78, 5) is 0. The number of hydrogen-bond acceptors (Lipinski definition) is 5. The Morgan fingerprint density at radius 3 is 2.87 bits per heavy atom. The molecule has 1 saturated heterocycles. The highest BCUT2D eigenvalue weighted by Crippen LogP contribution is 2.35. The van der Waals surface area contributed by atoms with E-state index < -0.39 is 10.2 Å². The summed E-state index contributed by atoms with van der Waals surface area (Å²) < 4.78 is 44.9. The van der Waals surface area contributed by atoms with Crippen LogP contribution >= 0.6 is 0 Å². The van der Waals surface area contributed by atoms with E-state index in [1.165, 1.54) is 4.31 Å². The van der Waals surface area contributed by atoms with Gasteiger partial charge >= 0.3 is 0 Å². The zero-order valence-electron chi connectivity index (χ0n) is 13.2. The molecule has 1 unspecified atom stereocenters. The molecule has 2 heterocycles. The Labute approximate surface area is 136 Å². The summed E-state index contributed by atoms with van der Waals surface area (Å²) in [5.41, 5.74) is 1.05. The smallest absolute Gasteiger partial charge is 0.279 e. The van der Waals surface area contributed by atoms with E-state index in [0.29, 0.717) is 39.5 Å². The lowest BCUT2D eigenvalue weighted by Crippen LogP contribution is -2.48. The third-order valence-electron chi connectivity index (χ3n) is 4.12. The largest absolute Gasteiger partial charge is 0.493 e. The fourth-order valence-corrected chi connectivity index (χ4v) is 4.11. The first-order chi connectivity index (χ1) is 11.1. The maximum Gasteiger partial charge on any atom is 0.279 e. The molecule has 128 valence electrons. The first kappa shape index (κ1) is 16.5. The Morgan fingerprint density at radius 2 is 2.13 bits per heavy atom. The van der Waals surface area contributed by atoms with Gasteiger partial charge in [-0.2, -0.15) is 12.7 Å². The van der Waals surface area contributed by atoms with Crippen molar-refractivity contribution in [1.82, 2.24) is 9.03 Å². The summed E-state index contributed by atoms with van der Waals surface area (Å²) in [5.74, 6) is 1.59. The number of nitrogens with zero attached hydrogens (tertiary/aromatic N) is 1. The van der Waals surface area contributed by atoms with Crippen molar-refractivity contribution >= 4 is 10.2 Å². The molecular weight excluding hydrogens is 320 g/mol. The molecule has 8 heteroatoms. The van der Waals surface area contributed by atoms with Crippen LogP contribution in [0.15, 0.2) is 18.2 Å². The topological polar surface area (TPSA) is 77.1 Å². The second-order valence-corrected chi connectivity index (χ2v) is 7.45. The number of rotatable bonds is 5. The van der Waals surface area contributed by atoms with Crippen LogP contribution in [0.2, 0.25) is 0 Å². The highest BCUT2D eigenvalue weighted by molar-refractivity contribution is 7.87. The van der Waals surface area contributed by atoms with Crippen molar-refractivity contribution in [1.29, 1.82) is 0 Å². The minimum Gasteiger partial charge on any atom is -0.493 e. The Hall–Kier alpha value is -1.35. The van der Waals surface area contributed by atoms with E-state index in [2.05, 4.69) is 4.72 Å². The molecule has 1 aromatic carbocycles. The average Bonchev–Trinajstić information content (AvgIpc) is 2.60. The standard InChI is InChI=1S/C15H22N2O5S/c1-20-14-4-2-3-13-9-12(11-22-15(13)14)10-16-23(18,19)17-5-7-21-8-6-17/h2-4,12,16H,5-11H2,1H3. The molecule has 3 rings (SSSR count). The normalized spacial score (nSPS) is 22.2. The van der Waals surface area contributed by atoms with Crippen molar-refractivity contribution in [3.05, 3.63) is 23.8 Å². The van der Waals surface area contributed by atoms with Crippen LogP contribution in [0.1, 0.15) is 5.56 Å². The van der Waals surface area contributed by atoms with Gasteiger partial charge in [-0.3, -0.25) is 0 Å². The number of benzene rings is 1. The molecule has 0 spiro atoms. The maximum absolute atomic E-state index is 12.3. The molecule has 1 aromatic rings. The number of para-hydroxylation sites is 1. The van der Waals surface area contributed by atoms with Crippen molar-refractivity contribution in [3.63, 3.8) is 0 Å². The highest BCUT2D eigenvalue weighted by atomic mass is 32.2. The van der Waals surface area contributed by atoms with Gasteiger partial charge in [0.25, 0.3) is 10.2 Å². The van der Waals surface area contributed by atoms with Crippen LogP contribution in [0, 0.1) is 5.92 Å². The predicted molar refractivity (Wildman–Crippen MR) is 85.0 cm³/mol. The van der Waals surface area contributed by atoms with Crippen LogP contribution in [-0.2, 0) is 21.4 Å². The fraction of sp³-hybridized carbons (Fsp3) is 0.600. The van der Waals surface area contributed by atoms with Crippen LogP contribution in [0.5, 0.6) is 11.5 Å². The molecular formula is C15H22N2O5S. The molecule has 0 saturated carbocycles. The van der Waals surface area contributed by atoms with E-state index in [4.69, 9.17) is 14.2 Å². The third kappa shape index (κ3) is 3.77. The predicted octanol–water partition coefficient (Wildman–Crippen LogP) is 0.413. The van der Waals surface area contributed by atoms with Crippen molar-refractivity contribution < 1.29 is 22.6 Å². The monoisotopic (exact) mass is 342 g/mol. The Morgan fingerprint density at radius 1 is 1.35 bits per heavy atom. The van der Waals surface area contributed by atoms with Crippen LogP contribution in [-0.4, -0.2) is 59.3 Å². The molecule has 1 N–H and O–H groups in total. The molecule has 0 radical (unpaired) electrons. The van der Waals surface area contributed by atoms with Crippen LogP contribution in [0.4, 0.5) is 0 Å². The molecule has 0 amide bonds. The van der Waals surface area contributed by atoms with Crippen molar-refractivity contribution in [2.75, 3.05) is 46.6 Å². The van der Waals surface area contributed by atoms with E-state index >= 15 is 0 Å². The maximum atomic E-state index is 12.3. The van der Waals surface area contributed by atoms with Gasteiger partial charge < -0.3 is 14.2 Å². The summed E-state index contributed by atoms with van der Waals surface area (Å²) in [6.07, 6.45) is 0.762. The summed E-state index contributed by atoms with van der Waals surface area (Å²) in [6.45, 7) is 2.52. The number of methoxy groups -OCH3 is 1. The summed E-state index contributed by atoms with van der Waals surface area (Å²) in [7, 11) is -1.84. The zero-order valence-corrected chi connectivity index (χ0v) is 14.0. The molecule has 1 atom stereocenters. The quantitative estimate of drug-likeness (QED) is 0.839. The Balaban J connectivity index is 1.59. The SMILES string of the molecule is COc1cccc2c1OCC(CNS(=O)(=O)N1CCOCC1)C2. The first-order valence-corrected chi connectivity index (χ1v) is 9.15. The fourth-order valence-electron chi connectivity index (χ4n) is 2.85. The molecule has 0 aromatic heterocycles. The lowest BCUT2D eigenvalue weighted by Gasteiger charge is -2.29. The van der Waals surface area contributed by atoms with E-state index in [-0.39, 0.29) is 5.92 Å². The number of nitrogens with one attached hydrogen (secondary N) is 1. The Kier molecular flexibility index (Phi) is 5.05. The van der Waals surface area contributed by atoms with E-state index in [0.717, 1.165) is 23.5 Å². The van der Waals surface area contributed by atoms with E-state index in [9.17, 15) is 8.42 Å². The first-order valence-electron chi connectivity index (χ1n) is 7.71.